The molecule has 2 amide bonds. The Morgan fingerprint density at radius 2 is 1.68 bits per heavy atom. The van der Waals surface area contributed by atoms with Crippen LogP contribution in [0, 0.1) is 11.8 Å². The lowest BCUT2D eigenvalue weighted by Crippen LogP contribution is -2.40. The summed E-state index contributed by atoms with van der Waals surface area (Å²) in [6.45, 7) is 8.60. The fourth-order valence-electron chi connectivity index (χ4n) is 3.67. The normalized spacial score (nSPS) is 11.0. The molecule has 7 heteroatoms. The summed E-state index contributed by atoms with van der Waals surface area (Å²) >= 11 is 0. The van der Waals surface area contributed by atoms with Crippen molar-refractivity contribution in [3.05, 3.63) is 60.8 Å². The van der Waals surface area contributed by atoms with Crippen LogP contribution in [0.4, 0.5) is 5.95 Å². The number of carbonyl (C=O) groups excluding carboxylic acids is 2. The van der Waals surface area contributed by atoms with E-state index in [2.05, 4.69) is 5.32 Å². The maximum atomic E-state index is 13.0. The Morgan fingerprint density at radius 1 is 1.00 bits per heavy atom. The molecule has 0 saturated heterocycles. The molecular formula is C27H34N4O3. The molecule has 0 saturated carbocycles. The fraction of sp³-hybridized carbons (Fsp3) is 0.370. The molecular weight excluding hydrogens is 428 g/mol. The van der Waals surface area contributed by atoms with Crippen molar-refractivity contribution in [1.29, 1.82) is 0 Å². The summed E-state index contributed by atoms with van der Waals surface area (Å²) in [4.78, 5) is 32.1. The van der Waals surface area contributed by atoms with Crippen molar-refractivity contribution in [2.45, 2.75) is 34.1 Å². The van der Waals surface area contributed by atoms with Crippen LogP contribution in [0.1, 0.15) is 34.1 Å². The number of anilines is 1. The number of ether oxygens (including phenoxy) is 1. The molecule has 0 unspecified atom stereocenters. The van der Waals surface area contributed by atoms with Crippen molar-refractivity contribution in [2.24, 2.45) is 11.8 Å². The van der Waals surface area contributed by atoms with Crippen molar-refractivity contribution < 1.29 is 14.3 Å². The minimum atomic E-state index is -0.280. The summed E-state index contributed by atoms with van der Waals surface area (Å²) in [6.07, 6.45) is 2.31. The predicted molar refractivity (Wildman–Crippen MR) is 135 cm³/mol. The van der Waals surface area contributed by atoms with E-state index in [1.165, 1.54) is 0 Å². The highest BCUT2D eigenvalue weighted by Crippen LogP contribution is 2.25. The predicted octanol–water partition coefficient (Wildman–Crippen LogP) is 5.02. The molecule has 1 aromatic heterocycles. The lowest BCUT2D eigenvalue weighted by atomic mass is 10.1. The van der Waals surface area contributed by atoms with E-state index in [4.69, 9.17) is 9.72 Å². The van der Waals surface area contributed by atoms with Crippen LogP contribution in [0.2, 0.25) is 0 Å². The summed E-state index contributed by atoms with van der Waals surface area (Å²) in [7, 11) is 1.62. The van der Waals surface area contributed by atoms with Gasteiger partial charge in [0.1, 0.15) is 5.75 Å². The first-order valence-corrected chi connectivity index (χ1v) is 11.6. The third-order valence-electron chi connectivity index (χ3n) is 5.23. The van der Waals surface area contributed by atoms with Crippen LogP contribution in [0.25, 0.3) is 16.9 Å². The Kier molecular flexibility index (Phi) is 8.46. The largest absolute Gasteiger partial charge is 0.497 e. The van der Waals surface area contributed by atoms with Crippen LogP contribution in [0.15, 0.2) is 60.8 Å². The van der Waals surface area contributed by atoms with E-state index in [1.807, 2.05) is 93.1 Å². The Labute approximate surface area is 201 Å². The Hall–Kier alpha value is -3.61. The summed E-state index contributed by atoms with van der Waals surface area (Å²) in [5.41, 5.74) is 2.51. The number of nitrogens with one attached hydrogen (secondary N) is 1. The standard InChI is InChI=1S/C27H34N4O3/c1-19(2)15-26(33)30(16-20(3)4)18-25(32)29-27-28-24(21-9-7-6-8-10-21)17-31(27)22-11-13-23(34-5)14-12-22/h6-14,17,19-20H,15-16,18H2,1-5H3,(H,28,29,32). The van der Waals surface area contributed by atoms with Gasteiger partial charge in [-0.3, -0.25) is 19.5 Å². The van der Waals surface area contributed by atoms with Gasteiger partial charge in [0.05, 0.1) is 19.3 Å². The molecule has 3 aromatic rings. The minimum absolute atomic E-state index is 0.0117. The molecule has 3 rings (SSSR count). The summed E-state index contributed by atoms with van der Waals surface area (Å²) < 4.78 is 7.10. The van der Waals surface area contributed by atoms with Crippen LogP contribution in [-0.4, -0.2) is 46.5 Å². The molecule has 34 heavy (non-hydrogen) atoms. The first-order chi connectivity index (χ1) is 16.3. The molecule has 1 N–H and O–H groups in total. The average molecular weight is 463 g/mol. The van der Waals surface area contributed by atoms with Gasteiger partial charge >= 0.3 is 0 Å². The van der Waals surface area contributed by atoms with E-state index in [0.717, 1.165) is 22.7 Å². The summed E-state index contributed by atoms with van der Waals surface area (Å²) in [6, 6.07) is 17.3. The van der Waals surface area contributed by atoms with Gasteiger partial charge in [0.25, 0.3) is 0 Å². The number of rotatable bonds is 10. The quantitative estimate of drug-likeness (QED) is 0.459. The van der Waals surface area contributed by atoms with Crippen molar-refractivity contribution >= 4 is 17.8 Å². The van der Waals surface area contributed by atoms with Crippen LogP contribution in [0.5, 0.6) is 5.75 Å². The van der Waals surface area contributed by atoms with E-state index in [1.54, 1.807) is 12.0 Å². The Morgan fingerprint density at radius 3 is 2.26 bits per heavy atom. The van der Waals surface area contributed by atoms with Crippen LogP contribution in [0.3, 0.4) is 0 Å². The Bertz CT molecular complexity index is 1090. The second kappa shape index (κ2) is 11.5. The third kappa shape index (κ3) is 6.70. The lowest BCUT2D eigenvalue weighted by Gasteiger charge is -2.25. The first kappa shape index (κ1) is 25.0. The number of nitrogens with zero attached hydrogens (tertiary/aromatic N) is 3. The number of methoxy groups -OCH3 is 1. The molecule has 0 aliphatic carbocycles. The van der Waals surface area contributed by atoms with E-state index in [0.29, 0.717) is 18.9 Å². The topological polar surface area (TPSA) is 76.5 Å². The van der Waals surface area contributed by atoms with Gasteiger partial charge < -0.3 is 9.64 Å². The van der Waals surface area contributed by atoms with E-state index in [-0.39, 0.29) is 30.2 Å². The van der Waals surface area contributed by atoms with Crippen molar-refractivity contribution in [3.63, 3.8) is 0 Å². The maximum absolute atomic E-state index is 13.0. The molecule has 2 aromatic carbocycles. The number of aromatic nitrogens is 2. The zero-order valence-electron chi connectivity index (χ0n) is 20.6. The molecule has 1 heterocycles. The molecule has 180 valence electrons. The van der Waals surface area contributed by atoms with Crippen molar-refractivity contribution in [3.8, 4) is 22.7 Å². The second-order valence-corrected chi connectivity index (χ2v) is 9.20. The third-order valence-corrected chi connectivity index (χ3v) is 5.23. The van der Waals surface area contributed by atoms with Gasteiger partial charge in [0, 0.05) is 30.4 Å². The molecule has 0 aliphatic heterocycles. The smallest absolute Gasteiger partial charge is 0.246 e. The summed E-state index contributed by atoms with van der Waals surface area (Å²) in [5.74, 6) is 1.34. The van der Waals surface area contributed by atoms with Gasteiger partial charge in [-0.05, 0) is 36.1 Å². The van der Waals surface area contributed by atoms with E-state index < -0.39 is 0 Å². The average Bonchev–Trinajstić information content (AvgIpc) is 3.22. The first-order valence-electron chi connectivity index (χ1n) is 11.6. The van der Waals surface area contributed by atoms with Gasteiger partial charge in [-0.25, -0.2) is 4.98 Å². The van der Waals surface area contributed by atoms with Crippen LogP contribution < -0.4 is 10.1 Å². The molecule has 0 aliphatic rings. The molecule has 7 nitrogen and oxygen atoms in total. The van der Waals surface area contributed by atoms with Gasteiger partial charge in [-0.15, -0.1) is 0 Å². The molecule has 0 bridgehead atoms. The summed E-state index contributed by atoms with van der Waals surface area (Å²) in [5, 5.41) is 2.93. The number of hydrogen-bond acceptors (Lipinski definition) is 4. The van der Waals surface area contributed by atoms with Crippen molar-refractivity contribution in [2.75, 3.05) is 25.5 Å². The minimum Gasteiger partial charge on any atom is -0.497 e. The highest BCUT2D eigenvalue weighted by molar-refractivity contribution is 5.94. The number of hydrogen-bond donors (Lipinski definition) is 1. The lowest BCUT2D eigenvalue weighted by molar-refractivity contribution is -0.135. The zero-order chi connectivity index (χ0) is 24.7. The van der Waals surface area contributed by atoms with Gasteiger partial charge in [-0.2, -0.15) is 0 Å². The molecule has 0 fully saturated rings. The van der Waals surface area contributed by atoms with Gasteiger partial charge in [0.15, 0.2) is 0 Å². The highest BCUT2D eigenvalue weighted by Gasteiger charge is 2.21. The maximum Gasteiger partial charge on any atom is 0.246 e. The molecule has 0 atom stereocenters. The highest BCUT2D eigenvalue weighted by atomic mass is 16.5. The number of carbonyl (C=O) groups is 2. The Balaban J connectivity index is 1.88. The monoisotopic (exact) mass is 462 g/mol. The molecule has 0 radical (unpaired) electrons. The van der Waals surface area contributed by atoms with Crippen LogP contribution in [-0.2, 0) is 9.59 Å². The number of amides is 2. The second-order valence-electron chi connectivity index (χ2n) is 9.20. The van der Waals surface area contributed by atoms with Crippen LogP contribution >= 0.6 is 0 Å². The fourth-order valence-corrected chi connectivity index (χ4v) is 3.67. The zero-order valence-corrected chi connectivity index (χ0v) is 20.6. The molecule has 0 spiro atoms. The number of benzene rings is 2. The SMILES string of the molecule is COc1ccc(-n2cc(-c3ccccc3)nc2NC(=O)CN(CC(C)C)C(=O)CC(C)C)cc1. The van der Waals surface area contributed by atoms with Gasteiger partial charge in [0.2, 0.25) is 17.8 Å². The van der Waals surface area contributed by atoms with Gasteiger partial charge in [-0.1, -0.05) is 58.0 Å². The van der Waals surface area contributed by atoms with Crippen molar-refractivity contribution in [1.82, 2.24) is 14.5 Å². The number of imidazole rings is 1. The van der Waals surface area contributed by atoms with E-state index in [9.17, 15) is 9.59 Å². The van der Waals surface area contributed by atoms with E-state index >= 15 is 0 Å².